The van der Waals surface area contributed by atoms with E-state index in [0.29, 0.717) is 29.4 Å². The number of benzene rings is 2. The molecule has 0 aliphatic rings. The molecule has 0 bridgehead atoms. The van der Waals surface area contributed by atoms with E-state index in [9.17, 15) is 4.79 Å². The third-order valence-electron chi connectivity index (χ3n) is 3.52. The molecule has 6 nitrogen and oxygen atoms in total. The molecule has 0 saturated carbocycles. The van der Waals surface area contributed by atoms with Crippen molar-refractivity contribution in [3.63, 3.8) is 0 Å². The van der Waals surface area contributed by atoms with E-state index < -0.39 is 0 Å². The Labute approximate surface area is 147 Å². The van der Waals surface area contributed by atoms with Crippen LogP contribution in [-0.4, -0.2) is 32.4 Å². The molecule has 0 heterocycles. The van der Waals surface area contributed by atoms with E-state index in [1.807, 2.05) is 38.1 Å². The second-order valence-electron chi connectivity index (χ2n) is 5.20. The number of ether oxygens (including phenoxy) is 3. The van der Waals surface area contributed by atoms with Crippen molar-refractivity contribution < 1.29 is 19.0 Å². The summed E-state index contributed by atoms with van der Waals surface area (Å²) < 4.78 is 15.7. The monoisotopic (exact) mass is 342 g/mol. The largest absolute Gasteiger partial charge is 0.497 e. The topological polar surface area (TPSA) is 69.2 Å². The number of methoxy groups -OCH3 is 2. The lowest BCUT2D eigenvalue weighted by Crippen LogP contribution is -2.19. The molecule has 2 aromatic carbocycles. The van der Waals surface area contributed by atoms with E-state index in [-0.39, 0.29) is 5.91 Å². The molecule has 0 aromatic heterocycles. The molecule has 0 saturated heterocycles. The lowest BCUT2D eigenvalue weighted by Gasteiger charge is -2.08. The zero-order chi connectivity index (χ0) is 18.2. The highest BCUT2D eigenvalue weighted by molar-refractivity contribution is 6.01. The van der Waals surface area contributed by atoms with Crippen LogP contribution in [-0.2, 0) is 0 Å². The molecule has 132 valence electrons. The summed E-state index contributed by atoms with van der Waals surface area (Å²) in [6.45, 7) is 4.37. The maximum absolute atomic E-state index is 12.3. The summed E-state index contributed by atoms with van der Waals surface area (Å²) in [4.78, 5) is 12.3. The average molecular weight is 342 g/mol. The number of rotatable bonds is 7. The van der Waals surface area contributed by atoms with Crippen molar-refractivity contribution in [2.75, 3.05) is 20.8 Å². The number of nitrogens with zero attached hydrogens (tertiary/aromatic N) is 1. The van der Waals surface area contributed by atoms with Crippen LogP contribution in [0.15, 0.2) is 47.6 Å². The van der Waals surface area contributed by atoms with Gasteiger partial charge in [0.2, 0.25) is 0 Å². The molecule has 0 radical (unpaired) electrons. The number of nitrogens with one attached hydrogen (secondary N) is 1. The fourth-order valence-electron chi connectivity index (χ4n) is 2.16. The highest BCUT2D eigenvalue weighted by Crippen LogP contribution is 2.22. The highest BCUT2D eigenvalue weighted by atomic mass is 16.5. The molecule has 0 spiro atoms. The van der Waals surface area contributed by atoms with Gasteiger partial charge in [0, 0.05) is 11.6 Å². The zero-order valence-corrected chi connectivity index (χ0v) is 14.8. The lowest BCUT2D eigenvalue weighted by atomic mass is 10.1. The Bertz CT molecular complexity index is 732. The fourth-order valence-corrected chi connectivity index (χ4v) is 2.16. The van der Waals surface area contributed by atoms with Crippen molar-refractivity contribution in [2.24, 2.45) is 5.10 Å². The normalized spacial score (nSPS) is 11.0. The molecule has 1 amide bonds. The second kappa shape index (κ2) is 8.73. The van der Waals surface area contributed by atoms with E-state index in [1.54, 1.807) is 18.2 Å². The van der Waals surface area contributed by atoms with Crippen molar-refractivity contribution >= 4 is 11.6 Å². The van der Waals surface area contributed by atoms with E-state index in [0.717, 1.165) is 11.3 Å². The van der Waals surface area contributed by atoms with Crippen molar-refractivity contribution in [1.82, 2.24) is 5.43 Å². The SMILES string of the molecule is CCOc1ccc(/C(C)=N\NC(=O)c2cc(OC)cc(OC)c2)cc1. The summed E-state index contributed by atoms with van der Waals surface area (Å²) in [6.07, 6.45) is 0. The Kier molecular flexibility index (Phi) is 6.39. The van der Waals surface area contributed by atoms with Gasteiger partial charge in [0.25, 0.3) is 5.91 Å². The Morgan fingerprint density at radius 3 is 2.08 bits per heavy atom. The molecule has 0 fully saturated rings. The van der Waals surface area contributed by atoms with Crippen LogP contribution < -0.4 is 19.6 Å². The van der Waals surface area contributed by atoms with Gasteiger partial charge in [-0.05, 0) is 55.8 Å². The summed E-state index contributed by atoms with van der Waals surface area (Å²) in [7, 11) is 3.06. The first-order chi connectivity index (χ1) is 12.1. The third-order valence-corrected chi connectivity index (χ3v) is 3.52. The van der Waals surface area contributed by atoms with Gasteiger partial charge in [-0.1, -0.05) is 0 Å². The smallest absolute Gasteiger partial charge is 0.271 e. The predicted molar refractivity (Wildman–Crippen MR) is 96.8 cm³/mol. The van der Waals surface area contributed by atoms with Gasteiger partial charge in [-0.3, -0.25) is 4.79 Å². The van der Waals surface area contributed by atoms with E-state index in [1.165, 1.54) is 14.2 Å². The Balaban J connectivity index is 2.10. The quantitative estimate of drug-likeness (QED) is 0.619. The Morgan fingerprint density at radius 1 is 0.960 bits per heavy atom. The molecule has 25 heavy (non-hydrogen) atoms. The molecular formula is C19H22N2O4. The van der Waals surface area contributed by atoms with Gasteiger partial charge in [0.15, 0.2) is 0 Å². The van der Waals surface area contributed by atoms with E-state index in [2.05, 4.69) is 10.5 Å². The summed E-state index contributed by atoms with van der Waals surface area (Å²) in [5, 5.41) is 4.15. The molecule has 6 heteroatoms. The average Bonchev–Trinajstić information content (AvgIpc) is 2.66. The molecular weight excluding hydrogens is 320 g/mol. The molecule has 2 rings (SSSR count). The molecule has 0 unspecified atom stereocenters. The highest BCUT2D eigenvalue weighted by Gasteiger charge is 2.09. The van der Waals surface area contributed by atoms with Gasteiger partial charge in [0.1, 0.15) is 17.2 Å². The van der Waals surface area contributed by atoms with Crippen LogP contribution in [0.1, 0.15) is 29.8 Å². The molecule has 2 aromatic rings. The Hall–Kier alpha value is -3.02. The molecule has 0 atom stereocenters. The standard InChI is InChI=1S/C19H22N2O4/c1-5-25-16-8-6-14(7-9-16)13(2)20-21-19(22)15-10-17(23-3)12-18(11-15)24-4/h6-12H,5H2,1-4H3,(H,21,22)/b20-13-. The maximum atomic E-state index is 12.3. The minimum Gasteiger partial charge on any atom is -0.497 e. The first kappa shape index (κ1) is 18.3. The number of carbonyl (C=O) groups is 1. The summed E-state index contributed by atoms with van der Waals surface area (Å²) >= 11 is 0. The van der Waals surface area contributed by atoms with Gasteiger partial charge in [-0.2, -0.15) is 5.10 Å². The van der Waals surface area contributed by atoms with Gasteiger partial charge in [-0.15, -0.1) is 0 Å². The van der Waals surface area contributed by atoms with Crippen molar-refractivity contribution in [3.05, 3.63) is 53.6 Å². The van der Waals surface area contributed by atoms with Crippen molar-refractivity contribution in [2.45, 2.75) is 13.8 Å². The van der Waals surface area contributed by atoms with Crippen LogP contribution in [0.5, 0.6) is 17.2 Å². The van der Waals surface area contributed by atoms with Crippen LogP contribution in [0, 0.1) is 0 Å². The molecule has 1 N–H and O–H groups in total. The van der Waals surface area contributed by atoms with Gasteiger partial charge in [-0.25, -0.2) is 5.43 Å². The predicted octanol–water partition coefficient (Wildman–Crippen LogP) is 3.26. The number of carbonyl (C=O) groups excluding carboxylic acids is 1. The van der Waals surface area contributed by atoms with Crippen LogP contribution in [0.4, 0.5) is 0 Å². The fraction of sp³-hybridized carbons (Fsp3) is 0.263. The van der Waals surface area contributed by atoms with Crippen molar-refractivity contribution in [3.8, 4) is 17.2 Å². The molecule has 0 aliphatic heterocycles. The summed E-state index contributed by atoms with van der Waals surface area (Å²) in [6, 6.07) is 12.5. The minimum absolute atomic E-state index is 0.345. The van der Waals surface area contributed by atoms with Crippen LogP contribution in [0.3, 0.4) is 0 Å². The van der Waals surface area contributed by atoms with E-state index in [4.69, 9.17) is 14.2 Å². The first-order valence-electron chi connectivity index (χ1n) is 7.88. The van der Waals surface area contributed by atoms with Crippen LogP contribution in [0.2, 0.25) is 0 Å². The first-order valence-corrected chi connectivity index (χ1v) is 7.88. The van der Waals surface area contributed by atoms with Gasteiger partial charge < -0.3 is 14.2 Å². The molecule has 0 aliphatic carbocycles. The van der Waals surface area contributed by atoms with E-state index >= 15 is 0 Å². The zero-order valence-electron chi connectivity index (χ0n) is 14.8. The second-order valence-corrected chi connectivity index (χ2v) is 5.20. The summed E-state index contributed by atoms with van der Waals surface area (Å²) in [5.74, 6) is 1.53. The maximum Gasteiger partial charge on any atom is 0.271 e. The Morgan fingerprint density at radius 2 is 1.56 bits per heavy atom. The number of amides is 1. The minimum atomic E-state index is -0.345. The summed E-state index contributed by atoms with van der Waals surface area (Å²) in [5.41, 5.74) is 4.53. The van der Waals surface area contributed by atoms with Crippen LogP contribution in [0.25, 0.3) is 0 Å². The lowest BCUT2D eigenvalue weighted by molar-refractivity contribution is 0.0954. The van der Waals surface area contributed by atoms with Gasteiger partial charge in [0.05, 0.1) is 26.5 Å². The van der Waals surface area contributed by atoms with Crippen molar-refractivity contribution in [1.29, 1.82) is 0 Å². The third kappa shape index (κ3) is 4.97. The number of hydrazone groups is 1. The number of hydrogen-bond acceptors (Lipinski definition) is 5. The van der Waals surface area contributed by atoms with Crippen LogP contribution >= 0.6 is 0 Å². The van der Waals surface area contributed by atoms with Gasteiger partial charge >= 0.3 is 0 Å². The number of hydrogen-bond donors (Lipinski definition) is 1.